The maximum Gasteiger partial charge on any atom is 0.326 e. The molecule has 2 heterocycles. The minimum absolute atomic E-state index is 0.0935. The molecular weight excluding hydrogens is 378 g/mol. The standard InChI is InChI=1S/C20H17N3O4S/c1-13-9-16(10-18(24)20(13)23-12-19(25)22-28(23,26)27)15-7-8-17(21-11-15)14-5-3-2-4-6-14/h2-11,24H,12H2,1H3,(H,22,25). The molecule has 8 heteroatoms. The van der Waals surface area contributed by atoms with E-state index >= 15 is 0 Å². The Morgan fingerprint density at radius 2 is 1.79 bits per heavy atom. The number of anilines is 1. The van der Waals surface area contributed by atoms with Crippen LogP contribution in [0.4, 0.5) is 5.69 Å². The lowest BCUT2D eigenvalue weighted by Gasteiger charge is -2.19. The highest BCUT2D eigenvalue weighted by molar-refractivity contribution is 7.92. The van der Waals surface area contributed by atoms with Crippen molar-refractivity contribution in [2.24, 2.45) is 0 Å². The van der Waals surface area contributed by atoms with Gasteiger partial charge in [-0.3, -0.25) is 9.78 Å². The summed E-state index contributed by atoms with van der Waals surface area (Å²) in [6.07, 6.45) is 1.70. The van der Waals surface area contributed by atoms with Crippen LogP contribution < -0.4 is 9.03 Å². The molecule has 0 aliphatic carbocycles. The lowest BCUT2D eigenvalue weighted by atomic mass is 10.0. The number of pyridine rings is 1. The summed E-state index contributed by atoms with van der Waals surface area (Å²) in [7, 11) is -3.99. The molecule has 142 valence electrons. The third-order valence-electron chi connectivity index (χ3n) is 4.52. The van der Waals surface area contributed by atoms with E-state index in [4.69, 9.17) is 0 Å². The van der Waals surface area contributed by atoms with Crippen LogP contribution in [-0.4, -0.2) is 31.0 Å². The number of aryl methyl sites for hydroxylation is 1. The third kappa shape index (κ3) is 3.18. The number of hydrogen-bond donors (Lipinski definition) is 2. The molecule has 0 saturated carbocycles. The lowest BCUT2D eigenvalue weighted by Crippen LogP contribution is -2.30. The largest absolute Gasteiger partial charge is 0.506 e. The predicted octanol–water partition coefficient (Wildman–Crippen LogP) is 2.61. The number of aromatic hydroxyl groups is 1. The molecule has 1 aromatic heterocycles. The molecule has 1 amide bonds. The molecule has 28 heavy (non-hydrogen) atoms. The van der Waals surface area contributed by atoms with E-state index in [1.807, 2.05) is 47.2 Å². The Kier molecular flexibility index (Phi) is 4.27. The van der Waals surface area contributed by atoms with Crippen LogP contribution in [0.25, 0.3) is 22.4 Å². The van der Waals surface area contributed by atoms with E-state index in [-0.39, 0.29) is 18.0 Å². The molecule has 1 fully saturated rings. The van der Waals surface area contributed by atoms with Crippen LogP contribution in [0.15, 0.2) is 60.8 Å². The van der Waals surface area contributed by atoms with Crippen molar-refractivity contribution in [1.29, 1.82) is 0 Å². The van der Waals surface area contributed by atoms with Crippen LogP contribution in [0.5, 0.6) is 5.75 Å². The second-order valence-corrected chi connectivity index (χ2v) is 8.09. The molecule has 0 bridgehead atoms. The van der Waals surface area contributed by atoms with Gasteiger partial charge in [0, 0.05) is 17.3 Å². The number of amides is 1. The van der Waals surface area contributed by atoms with Crippen molar-refractivity contribution in [3.63, 3.8) is 0 Å². The molecular formula is C20H17N3O4S. The first-order chi connectivity index (χ1) is 13.3. The van der Waals surface area contributed by atoms with E-state index < -0.39 is 16.1 Å². The first-order valence-electron chi connectivity index (χ1n) is 8.54. The average molecular weight is 395 g/mol. The van der Waals surface area contributed by atoms with Gasteiger partial charge in [0.1, 0.15) is 12.3 Å². The number of phenolic OH excluding ortho intramolecular Hbond substituents is 1. The van der Waals surface area contributed by atoms with Crippen LogP contribution in [0.1, 0.15) is 5.56 Å². The van der Waals surface area contributed by atoms with Gasteiger partial charge in [-0.05, 0) is 36.2 Å². The third-order valence-corrected chi connectivity index (χ3v) is 5.89. The number of phenols is 1. The number of carbonyl (C=O) groups excluding carboxylic acids is 1. The normalized spacial score (nSPS) is 15.5. The second kappa shape index (κ2) is 6.65. The summed E-state index contributed by atoms with van der Waals surface area (Å²) < 4.78 is 26.9. The molecule has 1 aliphatic heterocycles. The van der Waals surface area contributed by atoms with Gasteiger partial charge in [-0.2, -0.15) is 8.42 Å². The summed E-state index contributed by atoms with van der Waals surface area (Å²) in [6.45, 7) is 1.33. The molecule has 1 aliphatic rings. The lowest BCUT2D eigenvalue weighted by molar-refractivity contribution is -0.117. The van der Waals surface area contributed by atoms with Gasteiger partial charge >= 0.3 is 10.2 Å². The van der Waals surface area contributed by atoms with Crippen LogP contribution in [0.2, 0.25) is 0 Å². The second-order valence-electron chi connectivity index (χ2n) is 6.50. The number of nitrogens with zero attached hydrogens (tertiary/aromatic N) is 2. The molecule has 0 spiro atoms. The van der Waals surface area contributed by atoms with E-state index in [1.54, 1.807) is 19.2 Å². The Morgan fingerprint density at radius 3 is 2.36 bits per heavy atom. The van der Waals surface area contributed by atoms with Gasteiger partial charge in [0.15, 0.2) is 0 Å². The Hall–Kier alpha value is -3.39. The monoisotopic (exact) mass is 395 g/mol. The number of nitrogens with one attached hydrogen (secondary N) is 1. The van der Waals surface area contributed by atoms with Gasteiger partial charge in [-0.15, -0.1) is 0 Å². The minimum atomic E-state index is -3.99. The molecule has 4 rings (SSSR count). The van der Waals surface area contributed by atoms with Crippen molar-refractivity contribution in [2.45, 2.75) is 6.92 Å². The molecule has 1 saturated heterocycles. The van der Waals surface area contributed by atoms with Gasteiger partial charge in [0.25, 0.3) is 5.91 Å². The summed E-state index contributed by atoms with van der Waals surface area (Å²) >= 11 is 0. The van der Waals surface area contributed by atoms with Gasteiger partial charge in [0.05, 0.1) is 11.4 Å². The molecule has 2 aromatic carbocycles. The van der Waals surface area contributed by atoms with Crippen LogP contribution in [0, 0.1) is 6.92 Å². The van der Waals surface area contributed by atoms with E-state index in [2.05, 4.69) is 4.98 Å². The van der Waals surface area contributed by atoms with E-state index in [1.165, 1.54) is 6.07 Å². The molecule has 3 aromatic rings. The smallest absolute Gasteiger partial charge is 0.326 e. The maximum absolute atomic E-state index is 12.1. The van der Waals surface area contributed by atoms with Crippen molar-refractivity contribution in [1.82, 2.24) is 9.71 Å². The van der Waals surface area contributed by atoms with Crippen LogP contribution >= 0.6 is 0 Å². The summed E-state index contributed by atoms with van der Waals surface area (Å²) in [6, 6.07) is 16.8. The van der Waals surface area contributed by atoms with Gasteiger partial charge in [-0.25, -0.2) is 9.03 Å². The van der Waals surface area contributed by atoms with Crippen molar-refractivity contribution >= 4 is 21.8 Å². The fraction of sp³-hybridized carbons (Fsp3) is 0.100. The zero-order valence-corrected chi connectivity index (χ0v) is 15.8. The highest BCUT2D eigenvalue weighted by atomic mass is 32.2. The number of benzene rings is 2. The summed E-state index contributed by atoms with van der Waals surface area (Å²) in [4.78, 5) is 16.0. The number of aromatic nitrogens is 1. The molecule has 2 N–H and O–H groups in total. The summed E-state index contributed by atoms with van der Waals surface area (Å²) in [5, 5.41) is 10.5. The van der Waals surface area contributed by atoms with Gasteiger partial charge in [0.2, 0.25) is 0 Å². The van der Waals surface area contributed by atoms with Crippen molar-refractivity contribution in [2.75, 3.05) is 10.8 Å². The first-order valence-corrected chi connectivity index (χ1v) is 9.98. The number of rotatable bonds is 3. The van der Waals surface area contributed by atoms with Crippen LogP contribution in [-0.2, 0) is 15.0 Å². The minimum Gasteiger partial charge on any atom is -0.506 e. The molecule has 0 atom stereocenters. The first kappa shape index (κ1) is 18.0. The topological polar surface area (TPSA) is 99.6 Å². The quantitative estimate of drug-likeness (QED) is 0.710. The Morgan fingerprint density at radius 1 is 1.04 bits per heavy atom. The van der Waals surface area contributed by atoms with Crippen molar-refractivity contribution in [3.8, 4) is 28.1 Å². The van der Waals surface area contributed by atoms with Gasteiger partial charge in [-0.1, -0.05) is 36.4 Å². The van der Waals surface area contributed by atoms with Crippen molar-refractivity contribution in [3.05, 3.63) is 66.4 Å². The Balaban J connectivity index is 1.70. The summed E-state index contributed by atoms with van der Waals surface area (Å²) in [5.74, 6) is -0.856. The SMILES string of the molecule is Cc1cc(-c2ccc(-c3ccccc3)nc2)cc(O)c1N1CC(=O)NS1(=O)=O. The maximum atomic E-state index is 12.1. The molecule has 0 unspecified atom stereocenters. The fourth-order valence-corrected chi connectivity index (χ4v) is 4.47. The highest BCUT2D eigenvalue weighted by Crippen LogP contribution is 2.38. The average Bonchev–Trinajstić information content (AvgIpc) is 2.94. The number of hydrogen-bond acceptors (Lipinski definition) is 5. The summed E-state index contributed by atoms with van der Waals surface area (Å²) in [5.41, 5.74) is 3.93. The highest BCUT2D eigenvalue weighted by Gasteiger charge is 2.36. The Bertz CT molecular complexity index is 1140. The zero-order valence-electron chi connectivity index (χ0n) is 15.0. The zero-order chi connectivity index (χ0) is 19.9. The molecule has 7 nitrogen and oxygen atoms in total. The van der Waals surface area contributed by atoms with Crippen molar-refractivity contribution < 1.29 is 18.3 Å². The fourth-order valence-electron chi connectivity index (χ4n) is 3.24. The van der Waals surface area contributed by atoms with E-state index in [0.29, 0.717) is 11.1 Å². The molecule has 0 radical (unpaired) electrons. The van der Waals surface area contributed by atoms with Crippen LogP contribution in [0.3, 0.4) is 0 Å². The van der Waals surface area contributed by atoms with E-state index in [0.717, 1.165) is 21.1 Å². The van der Waals surface area contributed by atoms with E-state index in [9.17, 15) is 18.3 Å². The number of carbonyl (C=O) groups is 1. The van der Waals surface area contributed by atoms with Gasteiger partial charge < -0.3 is 5.11 Å². The Labute approximate surface area is 162 Å². The predicted molar refractivity (Wildman–Crippen MR) is 106 cm³/mol.